The number of carbonyl (C=O) groups excluding carboxylic acids is 1. The Morgan fingerprint density at radius 3 is 3.05 bits per heavy atom. The van der Waals surface area contributed by atoms with Crippen LogP contribution in [0.2, 0.25) is 0 Å². The fraction of sp³-hybridized carbons (Fsp3) is 0.611. The van der Waals surface area contributed by atoms with Gasteiger partial charge < -0.3 is 10.6 Å². The molecule has 3 rings (SSSR count). The summed E-state index contributed by atoms with van der Waals surface area (Å²) < 4.78 is 13.4. The monoisotopic (exact) mass is 304 g/mol. The topological polar surface area (TPSA) is 41.1 Å². The van der Waals surface area contributed by atoms with Gasteiger partial charge >= 0.3 is 0 Å². The maximum absolute atomic E-state index is 13.4. The van der Waals surface area contributed by atoms with Crippen LogP contribution in [0.5, 0.6) is 0 Å². The van der Waals surface area contributed by atoms with Gasteiger partial charge in [-0.3, -0.25) is 4.79 Å². The van der Waals surface area contributed by atoms with E-state index in [1.165, 1.54) is 12.5 Å². The zero-order valence-electron chi connectivity index (χ0n) is 13.4. The predicted molar refractivity (Wildman–Crippen MR) is 85.0 cm³/mol. The zero-order valence-corrected chi connectivity index (χ0v) is 13.4. The number of nitrogens with one attached hydrogen (secondary N) is 2. The summed E-state index contributed by atoms with van der Waals surface area (Å²) >= 11 is 0. The van der Waals surface area contributed by atoms with Crippen molar-refractivity contribution in [1.82, 2.24) is 10.6 Å². The molecular formula is C18H25FN2O. The van der Waals surface area contributed by atoms with E-state index in [4.69, 9.17) is 0 Å². The Bertz CT molecular complexity index is 574. The van der Waals surface area contributed by atoms with Crippen LogP contribution < -0.4 is 10.6 Å². The van der Waals surface area contributed by atoms with Crippen LogP contribution in [0.15, 0.2) is 18.2 Å². The normalized spacial score (nSPS) is 29.0. The highest BCUT2D eigenvalue weighted by Gasteiger charge is 2.49. The van der Waals surface area contributed by atoms with E-state index in [1.54, 1.807) is 13.0 Å². The summed E-state index contributed by atoms with van der Waals surface area (Å²) in [5.74, 6) is 0.424. The fourth-order valence-electron chi connectivity index (χ4n) is 4.05. The molecule has 1 unspecified atom stereocenters. The molecule has 1 aliphatic carbocycles. The minimum atomic E-state index is -0.235. The van der Waals surface area contributed by atoms with E-state index in [-0.39, 0.29) is 23.2 Å². The predicted octanol–water partition coefficient (Wildman–Crippen LogP) is 3.09. The van der Waals surface area contributed by atoms with Gasteiger partial charge in [-0.05, 0) is 56.3 Å². The lowest BCUT2D eigenvalue weighted by atomic mass is 9.67. The molecule has 1 heterocycles. The second-order valence-corrected chi connectivity index (χ2v) is 6.93. The third kappa shape index (κ3) is 2.65. The van der Waals surface area contributed by atoms with Gasteiger partial charge in [0.2, 0.25) is 5.91 Å². The minimum Gasteiger partial charge on any atom is -0.349 e. The molecule has 1 amide bonds. The number of fused-ring (bicyclic) bond motifs is 1. The number of carbonyl (C=O) groups is 1. The summed E-state index contributed by atoms with van der Waals surface area (Å²) in [4.78, 5) is 12.9. The van der Waals surface area contributed by atoms with Crippen LogP contribution in [-0.2, 0) is 4.79 Å². The van der Waals surface area contributed by atoms with Crippen LogP contribution in [0.4, 0.5) is 4.39 Å². The van der Waals surface area contributed by atoms with Crippen LogP contribution >= 0.6 is 0 Å². The van der Waals surface area contributed by atoms with E-state index >= 15 is 0 Å². The van der Waals surface area contributed by atoms with E-state index in [2.05, 4.69) is 10.6 Å². The third-order valence-corrected chi connectivity index (χ3v) is 5.52. The summed E-state index contributed by atoms with van der Waals surface area (Å²) in [7, 11) is 0. The SMILES string of the molecule is Cc1cc(C(C)NC(=O)[C@@]23CCCC[C@H]2CNC3)ccc1F. The van der Waals surface area contributed by atoms with Crippen molar-refractivity contribution in [1.29, 1.82) is 0 Å². The second-order valence-electron chi connectivity index (χ2n) is 6.93. The van der Waals surface area contributed by atoms with Crippen molar-refractivity contribution in [3.8, 4) is 0 Å². The average Bonchev–Trinajstić information content (AvgIpc) is 2.95. The highest BCUT2D eigenvalue weighted by Crippen LogP contribution is 2.44. The Labute approximate surface area is 131 Å². The Kier molecular flexibility index (Phi) is 4.22. The van der Waals surface area contributed by atoms with Crippen molar-refractivity contribution >= 4 is 5.91 Å². The first-order chi connectivity index (χ1) is 10.5. The average molecular weight is 304 g/mol. The fourth-order valence-corrected chi connectivity index (χ4v) is 4.05. The smallest absolute Gasteiger partial charge is 0.228 e. The van der Waals surface area contributed by atoms with Gasteiger partial charge in [-0.1, -0.05) is 25.0 Å². The molecule has 1 saturated heterocycles. The van der Waals surface area contributed by atoms with Gasteiger partial charge in [0.05, 0.1) is 11.5 Å². The van der Waals surface area contributed by atoms with E-state index in [0.29, 0.717) is 11.5 Å². The molecule has 4 heteroatoms. The van der Waals surface area contributed by atoms with Gasteiger partial charge in [0.25, 0.3) is 0 Å². The molecule has 3 atom stereocenters. The van der Waals surface area contributed by atoms with Crippen LogP contribution in [0.25, 0.3) is 0 Å². The maximum Gasteiger partial charge on any atom is 0.228 e. The first-order valence-corrected chi connectivity index (χ1v) is 8.31. The number of hydrogen-bond acceptors (Lipinski definition) is 2. The van der Waals surface area contributed by atoms with Gasteiger partial charge in [-0.2, -0.15) is 0 Å². The summed E-state index contributed by atoms with van der Waals surface area (Å²) in [5.41, 5.74) is 1.35. The zero-order chi connectivity index (χ0) is 15.7. The Balaban J connectivity index is 1.74. The molecule has 2 fully saturated rings. The van der Waals surface area contributed by atoms with Crippen molar-refractivity contribution in [3.05, 3.63) is 35.1 Å². The molecule has 0 radical (unpaired) electrons. The summed E-state index contributed by atoms with van der Waals surface area (Å²) in [6.45, 7) is 5.47. The maximum atomic E-state index is 13.4. The number of benzene rings is 1. The van der Waals surface area contributed by atoms with E-state index in [9.17, 15) is 9.18 Å². The second kappa shape index (κ2) is 5.99. The first kappa shape index (κ1) is 15.5. The van der Waals surface area contributed by atoms with Crippen LogP contribution in [0.1, 0.15) is 49.8 Å². The molecule has 0 spiro atoms. The summed E-state index contributed by atoms with van der Waals surface area (Å²) in [6, 6.07) is 4.97. The molecule has 1 aromatic rings. The lowest BCUT2D eigenvalue weighted by Gasteiger charge is -2.38. The molecule has 1 aliphatic heterocycles. The van der Waals surface area contributed by atoms with Crippen LogP contribution in [0.3, 0.4) is 0 Å². The quantitative estimate of drug-likeness (QED) is 0.901. The molecule has 1 saturated carbocycles. The Morgan fingerprint density at radius 2 is 2.27 bits per heavy atom. The van der Waals surface area contributed by atoms with Crippen molar-refractivity contribution in [2.75, 3.05) is 13.1 Å². The van der Waals surface area contributed by atoms with Crippen molar-refractivity contribution in [3.63, 3.8) is 0 Å². The molecule has 2 N–H and O–H groups in total. The highest BCUT2D eigenvalue weighted by molar-refractivity contribution is 5.84. The number of hydrogen-bond donors (Lipinski definition) is 2. The molecule has 2 aliphatic rings. The lowest BCUT2D eigenvalue weighted by Crippen LogP contribution is -2.48. The van der Waals surface area contributed by atoms with Gasteiger partial charge in [0.1, 0.15) is 5.82 Å². The minimum absolute atomic E-state index is 0.0932. The van der Waals surface area contributed by atoms with E-state index < -0.39 is 0 Å². The van der Waals surface area contributed by atoms with Gasteiger partial charge in [-0.15, -0.1) is 0 Å². The number of rotatable bonds is 3. The standard InChI is InChI=1S/C18H25FN2O/c1-12-9-14(6-7-16(12)19)13(2)21-17(22)18-8-4-3-5-15(18)10-20-11-18/h6-7,9,13,15,20H,3-5,8,10-11H2,1-2H3,(H,21,22)/t13?,15-,18+/m0/s1. The largest absolute Gasteiger partial charge is 0.349 e. The van der Waals surface area contributed by atoms with E-state index in [0.717, 1.165) is 37.9 Å². The highest BCUT2D eigenvalue weighted by atomic mass is 19.1. The lowest BCUT2D eigenvalue weighted by molar-refractivity contribution is -0.134. The Morgan fingerprint density at radius 1 is 1.45 bits per heavy atom. The molecule has 0 bridgehead atoms. The van der Waals surface area contributed by atoms with Gasteiger partial charge in [-0.25, -0.2) is 4.39 Å². The van der Waals surface area contributed by atoms with Crippen LogP contribution in [-0.4, -0.2) is 19.0 Å². The first-order valence-electron chi connectivity index (χ1n) is 8.31. The Hall–Kier alpha value is -1.42. The van der Waals surface area contributed by atoms with E-state index in [1.807, 2.05) is 13.0 Å². The third-order valence-electron chi connectivity index (χ3n) is 5.52. The summed E-state index contributed by atoms with van der Waals surface area (Å²) in [5, 5.41) is 6.58. The molecule has 120 valence electrons. The number of amides is 1. The van der Waals surface area contributed by atoms with Gasteiger partial charge in [0, 0.05) is 6.54 Å². The molecule has 1 aromatic carbocycles. The molecular weight excluding hydrogens is 279 g/mol. The van der Waals surface area contributed by atoms with Crippen LogP contribution in [0, 0.1) is 24.1 Å². The van der Waals surface area contributed by atoms with Gasteiger partial charge in [0.15, 0.2) is 0 Å². The molecule has 0 aromatic heterocycles. The number of halogens is 1. The summed E-state index contributed by atoms with van der Waals surface area (Å²) in [6.07, 6.45) is 4.49. The van der Waals surface area contributed by atoms with Crippen molar-refractivity contribution in [2.45, 2.75) is 45.6 Å². The van der Waals surface area contributed by atoms with Crippen molar-refractivity contribution in [2.24, 2.45) is 11.3 Å². The number of aryl methyl sites for hydroxylation is 1. The molecule has 22 heavy (non-hydrogen) atoms. The van der Waals surface area contributed by atoms with Crippen molar-refractivity contribution < 1.29 is 9.18 Å². The molecule has 3 nitrogen and oxygen atoms in total.